The number of hydrogen-bond acceptors (Lipinski definition) is 4. The van der Waals surface area contributed by atoms with Crippen LogP contribution in [0.25, 0.3) is 0 Å². The zero-order valence-corrected chi connectivity index (χ0v) is 10.3. The molecule has 5 nitrogen and oxygen atoms in total. The van der Waals surface area contributed by atoms with Crippen molar-refractivity contribution >= 4 is 11.4 Å². The summed E-state index contributed by atoms with van der Waals surface area (Å²) in [6.45, 7) is 1.96. The van der Waals surface area contributed by atoms with Crippen LogP contribution in [-0.4, -0.2) is 43.3 Å². The lowest BCUT2D eigenvalue weighted by Crippen LogP contribution is -2.99. The van der Waals surface area contributed by atoms with E-state index in [0.717, 1.165) is 25.2 Å². The Morgan fingerprint density at radius 2 is 2.24 bits per heavy atom. The molecule has 1 aliphatic rings. The summed E-state index contributed by atoms with van der Waals surface area (Å²) in [6.07, 6.45) is 1.13. The average Bonchev–Trinajstić information content (AvgIpc) is 2.78. The summed E-state index contributed by atoms with van der Waals surface area (Å²) < 4.78 is 0. The van der Waals surface area contributed by atoms with E-state index in [0.29, 0.717) is 11.7 Å². The second-order valence-electron chi connectivity index (χ2n) is 4.71. The molecule has 0 aliphatic carbocycles. The third-order valence-corrected chi connectivity index (χ3v) is 3.35. The Balaban J connectivity index is 2.11. The molecule has 0 aromatic heterocycles. The minimum absolute atomic E-state index is 0.357. The summed E-state index contributed by atoms with van der Waals surface area (Å²) in [7, 11) is 4.17. The molecule has 1 aliphatic heterocycles. The number of rotatable bonds is 3. The first-order valence-electron chi connectivity index (χ1n) is 5.82. The summed E-state index contributed by atoms with van der Waals surface area (Å²) in [6, 6.07) is 7.72. The predicted octanol–water partition coefficient (Wildman–Crippen LogP) is 0.230. The number of likely N-dealkylation sites (N-methyl/N-ethyl adjacent to an activating group) is 1. The van der Waals surface area contributed by atoms with Crippen molar-refractivity contribution in [3.63, 3.8) is 0 Å². The van der Waals surface area contributed by atoms with Crippen LogP contribution in [0.15, 0.2) is 24.3 Å². The van der Waals surface area contributed by atoms with Crippen molar-refractivity contribution in [2.75, 3.05) is 32.1 Å². The molecule has 0 radical (unpaired) electrons. The normalized spacial score (nSPS) is 22.2. The first kappa shape index (κ1) is 12.3. The number of quaternary nitrogens is 1. The van der Waals surface area contributed by atoms with Gasteiger partial charge in [-0.25, -0.2) is 5.21 Å². The second-order valence-corrected chi connectivity index (χ2v) is 4.71. The van der Waals surface area contributed by atoms with Crippen LogP contribution in [0.3, 0.4) is 0 Å². The molecular weight excluding hydrogens is 218 g/mol. The fourth-order valence-electron chi connectivity index (χ4n) is 2.23. The number of benzene rings is 1. The lowest BCUT2D eigenvalue weighted by atomic mass is 10.2. The molecule has 1 aromatic carbocycles. The molecule has 1 saturated heterocycles. The summed E-state index contributed by atoms with van der Waals surface area (Å²) in [4.78, 5) is 4.47. The molecule has 0 bridgehead atoms. The van der Waals surface area contributed by atoms with Gasteiger partial charge in [-0.1, -0.05) is 6.07 Å². The minimum Gasteiger partial charge on any atom is -0.595 e. The monoisotopic (exact) mass is 237 g/mol. The van der Waals surface area contributed by atoms with Gasteiger partial charge in [0.15, 0.2) is 5.69 Å². The molecule has 2 atom stereocenters. The summed E-state index contributed by atoms with van der Waals surface area (Å²) in [5.74, 6) is 0. The Bertz CT molecular complexity index is 382. The van der Waals surface area contributed by atoms with E-state index in [9.17, 15) is 5.21 Å². The maximum atomic E-state index is 10.9. The van der Waals surface area contributed by atoms with Gasteiger partial charge >= 0.3 is 0 Å². The third-order valence-electron chi connectivity index (χ3n) is 3.35. The average molecular weight is 237 g/mol. The van der Waals surface area contributed by atoms with E-state index in [1.807, 2.05) is 12.1 Å². The highest BCUT2D eigenvalue weighted by Crippen LogP contribution is 2.23. The van der Waals surface area contributed by atoms with Crippen molar-refractivity contribution in [2.24, 2.45) is 0 Å². The van der Waals surface area contributed by atoms with Gasteiger partial charge < -0.3 is 15.0 Å². The van der Waals surface area contributed by atoms with Gasteiger partial charge in [0.25, 0.3) is 0 Å². The maximum Gasteiger partial charge on any atom is 0.165 e. The minimum atomic E-state index is -0.866. The molecule has 0 amide bonds. The van der Waals surface area contributed by atoms with Gasteiger partial charge in [-0.2, -0.15) is 5.23 Å². The molecule has 1 fully saturated rings. The largest absolute Gasteiger partial charge is 0.595 e. The SMILES string of the molecule is CN(C)C1CCN(c2cccc([NH+]([O-])O)c2)C1. The number of hydrogen-bond donors (Lipinski definition) is 2. The highest BCUT2D eigenvalue weighted by atomic mass is 16.8. The van der Waals surface area contributed by atoms with E-state index >= 15 is 0 Å². The van der Waals surface area contributed by atoms with Crippen LogP contribution >= 0.6 is 0 Å². The summed E-state index contributed by atoms with van der Waals surface area (Å²) >= 11 is 0. The van der Waals surface area contributed by atoms with Crippen LogP contribution in [0.2, 0.25) is 0 Å². The fourth-order valence-corrected chi connectivity index (χ4v) is 2.23. The number of nitrogens with zero attached hydrogens (tertiary/aromatic N) is 2. The topological polar surface area (TPSA) is 54.2 Å². The molecule has 0 saturated carbocycles. The smallest absolute Gasteiger partial charge is 0.165 e. The van der Waals surface area contributed by atoms with Gasteiger partial charge in [0.1, 0.15) is 0 Å². The fraction of sp³-hybridized carbons (Fsp3) is 0.500. The molecule has 0 spiro atoms. The zero-order valence-electron chi connectivity index (χ0n) is 10.3. The Hall–Kier alpha value is -1.14. The van der Waals surface area contributed by atoms with Crippen LogP contribution in [0.5, 0.6) is 0 Å². The van der Waals surface area contributed by atoms with Crippen LogP contribution in [0, 0.1) is 5.21 Å². The highest BCUT2D eigenvalue weighted by molar-refractivity contribution is 5.53. The Labute approximate surface area is 101 Å². The van der Waals surface area contributed by atoms with E-state index in [2.05, 4.69) is 23.9 Å². The summed E-state index contributed by atoms with van der Waals surface area (Å²) in [5, 5.41) is 19.0. The highest BCUT2D eigenvalue weighted by Gasteiger charge is 2.24. The van der Waals surface area contributed by atoms with Crippen molar-refractivity contribution in [3.05, 3.63) is 29.5 Å². The second kappa shape index (κ2) is 5.01. The van der Waals surface area contributed by atoms with Gasteiger partial charge in [0, 0.05) is 37.0 Å². The van der Waals surface area contributed by atoms with Crippen LogP contribution < -0.4 is 10.1 Å². The molecule has 1 heterocycles. The van der Waals surface area contributed by atoms with Crippen molar-refractivity contribution < 1.29 is 10.4 Å². The molecule has 17 heavy (non-hydrogen) atoms. The first-order chi connectivity index (χ1) is 8.08. The number of nitrogens with one attached hydrogen (secondary N) is 1. The first-order valence-corrected chi connectivity index (χ1v) is 5.82. The predicted molar refractivity (Wildman–Crippen MR) is 66.5 cm³/mol. The lowest BCUT2D eigenvalue weighted by molar-refractivity contribution is -0.991. The van der Waals surface area contributed by atoms with E-state index in [1.165, 1.54) is 0 Å². The molecule has 94 valence electrons. The van der Waals surface area contributed by atoms with Gasteiger partial charge in [-0.3, -0.25) is 0 Å². The van der Waals surface area contributed by atoms with Gasteiger partial charge in [-0.05, 0) is 26.6 Å². The lowest BCUT2D eigenvalue weighted by Gasteiger charge is -2.22. The number of anilines is 1. The van der Waals surface area contributed by atoms with Crippen LogP contribution in [-0.2, 0) is 0 Å². The van der Waals surface area contributed by atoms with Crippen molar-refractivity contribution in [3.8, 4) is 0 Å². The van der Waals surface area contributed by atoms with Crippen LogP contribution in [0.1, 0.15) is 6.42 Å². The quantitative estimate of drug-likeness (QED) is 0.739. The van der Waals surface area contributed by atoms with E-state index in [1.54, 1.807) is 12.1 Å². The van der Waals surface area contributed by atoms with Gasteiger partial charge in [-0.15, -0.1) is 0 Å². The zero-order chi connectivity index (χ0) is 12.4. The molecule has 1 aromatic rings. The van der Waals surface area contributed by atoms with Crippen molar-refractivity contribution in [1.29, 1.82) is 0 Å². The molecule has 5 heteroatoms. The molecule has 2 unspecified atom stereocenters. The third kappa shape index (κ3) is 2.76. The van der Waals surface area contributed by atoms with Crippen molar-refractivity contribution in [1.82, 2.24) is 4.90 Å². The standard InChI is InChI=1S/C12H19N3O2/c1-13(2)12-6-7-14(9-12)10-4-3-5-11(8-10)15(16)17/h3-5,8,12,15-16H,6-7,9H2,1-2H3. The van der Waals surface area contributed by atoms with E-state index in [-0.39, 0.29) is 0 Å². The Morgan fingerprint density at radius 3 is 2.82 bits per heavy atom. The van der Waals surface area contributed by atoms with Gasteiger partial charge in [0.05, 0.1) is 0 Å². The van der Waals surface area contributed by atoms with E-state index in [4.69, 9.17) is 5.21 Å². The molecular formula is C12H19N3O2. The Kier molecular flexibility index (Phi) is 3.63. The van der Waals surface area contributed by atoms with Crippen LogP contribution in [0.4, 0.5) is 11.4 Å². The van der Waals surface area contributed by atoms with Crippen molar-refractivity contribution in [2.45, 2.75) is 12.5 Å². The van der Waals surface area contributed by atoms with E-state index < -0.39 is 5.23 Å². The maximum absolute atomic E-state index is 10.9. The molecule has 2 rings (SSSR count). The summed E-state index contributed by atoms with van der Waals surface area (Å²) in [5.41, 5.74) is 1.37. The molecule has 2 N–H and O–H groups in total. The Morgan fingerprint density at radius 1 is 1.47 bits per heavy atom. The van der Waals surface area contributed by atoms with Gasteiger partial charge in [0.2, 0.25) is 0 Å².